The predicted octanol–water partition coefficient (Wildman–Crippen LogP) is 6.43. The van der Waals surface area contributed by atoms with Crippen LogP contribution in [0.3, 0.4) is 0 Å². The van der Waals surface area contributed by atoms with Gasteiger partial charge < -0.3 is 9.84 Å². The van der Waals surface area contributed by atoms with E-state index in [1.54, 1.807) is 5.56 Å². The van der Waals surface area contributed by atoms with Crippen molar-refractivity contribution in [3.63, 3.8) is 0 Å². The van der Waals surface area contributed by atoms with E-state index in [-0.39, 0.29) is 5.41 Å². The van der Waals surface area contributed by atoms with Crippen LogP contribution in [-0.2, 0) is 13.0 Å². The number of hydrogen-bond donors (Lipinski definition) is 1. The Bertz CT molecular complexity index is 919. The number of benzene rings is 2. The van der Waals surface area contributed by atoms with Crippen molar-refractivity contribution in [1.29, 1.82) is 0 Å². The van der Waals surface area contributed by atoms with Crippen molar-refractivity contribution in [3.8, 4) is 5.75 Å². The van der Waals surface area contributed by atoms with E-state index in [4.69, 9.17) is 4.74 Å². The largest absolute Gasteiger partial charge is 0.489 e. The van der Waals surface area contributed by atoms with Crippen LogP contribution < -0.4 is 4.74 Å². The van der Waals surface area contributed by atoms with Crippen molar-refractivity contribution in [2.75, 3.05) is 0 Å². The van der Waals surface area contributed by atoms with Gasteiger partial charge in [-0.2, -0.15) is 0 Å². The van der Waals surface area contributed by atoms with Crippen LogP contribution in [0.2, 0.25) is 0 Å². The monoisotopic (exact) mass is 402 g/mol. The van der Waals surface area contributed by atoms with Gasteiger partial charge in [0.2, 0.25) is 0 Å². The van der Waals surface area contributed by atoms with Crippen LogP contribution in [0.4, 0.5) is 0 Å². The third-order valence-corrected chi connectivity index (χ3v) is 8.75. The van der Waals surface area contributed by atoms with Gasteiger partial charge in [0.1, 0.15) is 12.4 Å². The van der Waals surface area contributed by atoms with E-state index in [9.17, 15) is 5.11 Å². The van der Waals surface area contributed by atoms with Crippen molar-refractivity contribution >= 4 is 0 Å². The minimum Gasteiger partial charge on any atom is -0.489 e. The molecule has 0 aliphatic heterocycles. The Labute approximate surface area is 181 Å². The molecule has 1 N–H and O–H groups in total. The Morgan fingerprint density at radius 3 is 2.73 bits per heavy atom. The fourth-order valence-corrected chi connectivity index (χ4v) is 7.07. The summed E-state index contributed by atoms with van der Waals surface area (Å²) in [7, 11) is 0. The molecule has 2 aromatic carbocycles. The van der Waals surface area contributed by atoms with Crippen molar-refractivity contribution in [2.24, 2.45) is 17.3 Å². The third kappa shape index (κ3) is 3.12. The molecule has 158 valence electrons. The van der Waals surface area contributed by atoms with Gasteiger partial charge in [0.25, 0.3) is 0 Å². The molecule has 30 heavy (non-hydrogen) atoms. The summed E-state index contributed by atoms with van der Waals surface area (Å²) < 4.78 is 6.09. The van der Waals surface area contributed by atoms with Crippen molar-refractivity contribution in [2.45, 2.75) is 70.0 Å². The highest BCUT2D eigenvalue weighted by molar-refractivity contribution is 5.41. The van der Waals surface area contributed by atoms with E-state index in [0.717, 1.165) is 37.9 Å². The van der Waals surface area contributed by atoms with E-state index in [1.165, 1.54) is 24.0 Å². The lowest BCUT2D eigenvalue weighted by Gasteiger charge is -2.53. The van der Waals surface area contributed by atoms with Crippen LogP contribution in [0.15, 0.2) is 61.2 Å². The molecule has 2 saturated carbocycles. The maximum atomic E-state index is 11.4. The van der Waals surface area contributed by atoms with Crippen LogP contribution in [0.5, 0.6) is 5.75 Å². The predicted molar refractivity (Wildman–Crippen MR) is 122 cm³/mol. The molecule has 5 rings (SSSR count). The Balaban J connectivity index is 1.34. The molecule has 0 radical (unpaired) electrons. The molecule has 2 aromatic rings. The topological polar surface area (TPSA) is 29.5 Å². The van der Waals surface area contributed by atoms with Crippen molar-refractivity contribution in [3.05, 3.63) is 77.9 Å². The molecule has 0 saturated heterocycles. The molecular formula is C28H34O2. The minimum atomic E-state index is -0.556. The Kier molecular flexibility index (Phi) is 5.01. The van der Waals surface area contributed by atoms with E-state index in [2.05, 4.69) is 56.0 Å². The summed E-state index contributed by atoms with van der Waals surface area (Å²) in [5.74, 6) is 2.95. The van der Waals surface area contributed by atoms with Crippen LogP contribution in [0.25, 0.3) is 0 Å². The number of fused-ring (bicyclic) bond motifs is 5. The highest BCUT2D eigenvalue weighted by atomic mass is 16.5. The maximum Gasteiger partial charge on any atom is 0.120 e. The summed E-state index contributed by atoms with van der Waals surface area (Å²) in [6, 6.07) is 17.2. The smallest absolute Gasteiger partial charge is 0.120 e. The third-order valence-electron chi connectivity index (χ3n) is 8.75. The molecule has 2 heteroatoms. The maximum absolute atomic E-state index is 11.4. The quantitative estimate of drug-likeness (QED) is 0.584. The minimum absolute atomic E-state index is 0.0403. The molecule has 0 spiro atoms. The summed E-state index contributed by atoms with van der Waals surface area (Å²) in [6.07, 6.45) is 9.43. The van der Waals surface area contributed by atoms with E-state index in [0.29, 0.717) is 24.4 Å². The molecule has 0 amide bonds. The summed E-state index contributed by atoms with van der Waals surface area (Å²) in [5, 5.41) is 11.4. The summed E-state index contributed by atoms with van der Waals surface area (Å²) >= 11 is 0. The fourth-order valence-electron chi connectivity index (χ4n) is 7.07. The first-order valence-electron chi connectivity index (χ1n) is 11.7. The van der Waals surface area contributed by atoms with Gasteiger partial charge in [0, 0.05) is 0 Å². The molecule has 0 aromatic heterocycles. The van der Waals surface area contributed by atoms with Gasteiger partial charge in [-0.05, 0) is 96.9 Å². The fraction of sp³-hybridized carbons (Fsp3) is 0.500. The summed E-state index contributed by atoms with van der Waals surface area (Å²) in [5.41, 5.74) is 3.71. The summed E-state index contributed by atoms with van der Waals surface area (Å²) in [4.78, 5) is 0. The molecule has 3 aliphatic carbocycles. The van der Waals surface area contributed by atoms with Gasteiger partial charge in [-0.25, -0.2) is 0 Å². The molecule has 2 nitrogen and oxygen atoms in total. The molecule has 5 atom stereocenters. The molecule has 0 heterocycles. The summed E-state index contributed by atoms with van der Waals surface area (Å²) in [6.45, 7) is 6.90. The van der Waals surface area contributed by atoms with Gasteiger partial charge in [-0.3, -0.25) is 0 Å². The second kappa shape index (κ2) is 7.57. The normalized spacial score (nSPS) is 34.5. The van der Waals surface area contributed by atoms with Gasteiger partial charge in [-0.15, -0.1) is 6.58 Å². The molecule has 2 fully saturated rings. The highest BCUT2D eigenvalue weighted by Gasteiger charge is 2.60. The second-order valence-electron chi connectivity index (χ2n) is 10.1. The van der Waals surface area contributed by atoms with Crippen LogP contribution in [0.1, 0.15) is 68.1 Å². The molecular weight excluding hydrogens is 368 g/mol. The first-order valence-corrected chi connectivity index (χ1v) is 11.7. The van der Waals surface area contributed by atoms with Gasteiger partial charge in [-0.1, -0.05) is 49.4 Å². The van der Waals surface area contributed by atoms with E-state index < -0.39 is 5.60 Å². The lowest BCUT2D eigenvalue weighted by Crippen LogP contribution is -2.50. The Morgan fingerprint density at radius 1 is 1.10 bits per heavy atom. The highest BCUT2D eigenvalue weighted by Crippen LogP contribution is 2.65. The zero-order chi connectivity index (χ0) is 20.8. The SMILES string of the molecule is C=CC[C@]1(O)CC[C@H]2[C@@H]3CCc4cc(OCc5ccccc5)ccc4[C@H]3CC[C@@]21C. The molecule has 3 aliphatic rings. The number of ether oxygens (including phenoxy) is 1. The van der Waals surface area contributed by atoms with Gasteiger partial charge in [0.15, 0.2) is 0 Å². The lowest BCUT2D eigenvalue weighted by molar-refractivity contribution is -0.100. The van der Waals surface area contributed by atoms with Crippen LogP contribution in [-0.4, -0.2) is 10.7 Å². The first kappa shape index (κ1) is 19.9. The number of hydrogen-bond acceptors (Lipinski definition) is 2. The van der Waals surface area contributed by atoms with E-state index >= 15 is 0 Å². The van der Waals surface area contributed by atoms with Gasteiger partial charge >= 0.3 is 0 Å². The van der Waals surface area contributed by atoms with Crippen molar-refractivity contribution < 1.29 is 9.84 Å². The number of aliphatic hydroxyl groups is 1. The van der Waals surface area contributed by atoms with Crippen molar-refractivity contribution in [1.82, 2.24) is 0 Å². The molecule has 0 bridgehead atoms. The lowest BCUT2D eigenvalue weighted by atomic mass is 9.53. The average Bonchev–Trinajstić information content (AvgIpc) is 3.03. The zero-order valence-corrected chi connectivity index (χ0v) is 18.1. The Hall–Kier alpha value is -2.06. The number of aryl methyl sites for hydroxylation is 1. The second-order valence-corrected chi connectivity index (χ2v) is 10.1. The van der Waals surface area contributed by atoms with Crippen LogP contribution >= 0.6 is 0 Å². The standard InChI is InChI=1S/C28H34O2/c1-3-15-28(29)17-14-26-25-11-9-21-18-22(30-19-20-7-5-4-6-8-20)10-12-23(21)24(25)13-16-27(26,28)2/h3-8,10,12,18,24-26,29H,1,9,11,13-17,19H2,2H3/t24-,25-,26+,27+,28+/m1/s1. The number of rotatable bonds is 5. The van der Waals surface area contributed by atoms with Gasteiger partial charge in [0.05, 0.1) is 5.60 Å². The van der Waals surface area contributed by atoms with E-state index in [1.807, 2.05) is 12.1 Å². The van der Waals surface area contributed by atoms with Crippen LogP contribution in [0, 0.1) is 17.3 Å². The zero-order valence-electron chi connectivity index (χ0n) is 18.1. The average molecular weight is 403 g/mol. The Morgan fingerprint density at radius 2 is 1.93 bits per heavy atom. The first-order chi connectivity index (χ1) is 14.5. The molecule has 0 unspecified atom stereocenters.